The maximum absolute atomic E-state index is 13.0. The van der Waals surface area contributed by atoms with Gasteiger partial charge in [-0.05, 0) is 25.2 Å². The Kier molecular flexibility index (Phi) is 5.92. The second kappa shape index (κ2) is 8.61. The molecule has 9 heteroatoms. The fourth-order valence-corrected chi connectivity index (χ4v) is 4.17. The van der Waals surface area contributed by atoms with E-state index < -0.39 is 5.60 Å². The zero-order valence-corrected chi connectivity index (χ0v) is 17.6. The molecular weight excluding hydrogens is 386 g/mol. The van der Waals surface area contributed by atoms with Gasteiger partial charge >= 0.3 is 6.09 Å². The summed E-state index contributed by atoms with van der Waals surface area (Å²) < 4.78 is 12.6. The number of likely N-dealkylation sites (N-methyl/N-ethyl adjacent to an activating group) is 1. The Morgan fingerprint density at radius 3 is 2.83 bits per heavy atom. The first kappa shape index (κ1) is 20.6. The third-order valence-electron chi connectivity index (χ3n) is 6.07. The van der Waals surface area contributed by atoms with Gasteiger partial charge in [0.05, 0.1) is 24.9 Å². The molecule has 0 aliphatic carbocycles. The summed E-state index contributed by atoms with van der Waals surface area (Å²) in [6.45, 7) is 4.60. The summed E-state index contributed by atoms with van der Waals surface area (Å²) >= 11 is 0. The summed E-state index contributed by atoms with van der Waals surface area (Å²) in [6, 6.07) is 7.47. The molecule has 4 heterocycles. The molecule has 2 fully saturated rings. The number of nitrogens with zero attached hydrogens (tertiary/aromatic N) is 5. The highest BCUT2D eigenvalue weighted by Crippen LogP contribution is 2.33. The van der Waals surface area contributed by atoms with Gasteiger partial charge in [-0.3, -0.25) is 4.79 Å². The molecule has 4 rings (SSSR count). The van der Waals surface area contributed by atoms with Gasteiger partial charge in [0.2, 0.25) is 0 Å². The molecule has 0 bridgehead atoms. The van der Waals surface area contributed by atoms with Crippen LogP contribution in [0.25, 0.3) is 5.52 Å². The Morgan fingerprint density at radius 2 is 2.07 bits per heavy atom. The van der Waals surface area contributed by atoms with Gasteiger partial charge in [0.25, 0.3) is 5.91 Å². The lowest BCUT2D eigenvalue weighted by Gasteiger charge is -2.37. The summed E-state index contributed by atoms with van der Waals surface area (Å²) in [5, 5.41) is 4.26. The first-order valence-electron chi connectivity index (χ1n) is 10.4. The number of methoxy groups -OCH3 is 1. The lowest BCUT2D eigenvalue weighted by Crippen LogP contribution is -2.49. The van der Waals surface area contributed by atoms with Gasteiger partial charge in [0.15, 0.2) is 0 Å². The molecule has 2 amide bonds. The molecule has 30 heavy (non-hydrogen) atoms. The summed E-state index contributed by atoms with van der Waals surface area (Å²) in [5.41, 5.74) is 0.958. The van der Waals surface area contributed by atoms with Gasteiger partial charge < -0.3 is 24.2 Å². The van der Waals surface area contributed by atoms with Crippen LogP contribution < -0.4 is 0 Å². The van der Waals surface area contributed by atoms with Gasteiger partial charge in [0, 0.05) is 52.7 Å². The van der Waals surface area contributed by atoms with Crippen molar-refractivity contribution in [3.8, 4) is 0 Å². The lowest BCUT2D eigenvalue weighted by atomic mass is 9.91. The third kappa shape index (κ3) is 4.13. The molecule has 0 saturated carbocycles. The van der Waals surface area contributed by atoms with Crippen molar-refractivity contribution < 1.29 is 19.1 Å². The summed E-state index contributed by atoms with van der Waals surface area (Å²) in [7, 11) is 3.70. The Bertz CT molecular complexity index is 906. The molecule has 0 radical (unpaired) electrons. The molecule has 0 unspecified atom stereocenters. The molecule has 2 aliphatic heterocycles. The van der Waals surface area contributed by atoms with Gasteiger partial charge in [-0.2, -0.15) is 5.10 Å². The number of pyridine rings is 1. The summed E-state index contributed by atoms with van der Waals surface area (Å²) in [5.74, 6) is -0.0416. The highest BCUT2D eigenvalue weighted by atomic mass is 16.6. The predicted octanol–water partition coefficient (Wildman–Crippen LogP) is 1.34. The van der Waals surface area contributed by atoms with Crippen molar-refractivity contribution >= 4 is 17.5 Å². The van der Waals surface area contributed by atoms with Crippen LogP contribution in [0.4, 0.5) is 4.79 Å². The minimum absolute atomic E-state index is 0.0416. The van der Waals surface area contributed by atoms with Gasteiger partial charge in [-0.1, -0.05) is 6.07 Å². The number of amides is 2. The molecule has 0 N–H and O–H groups in total. The molecule has 2 saturated heterocycles. The van der Waals surface area contributed by atoms with E-state index in [4.69, 9.17) is 9.47 Å². The third-order valence-corrected chi connectivity index (χ3v) is 6.07. The van der Waals surface area contributed by atoms with Crippen LogP contribution in [0.5, 0.6) is 0 Å². The minimum Gasteiger partial charge on any atom is -0.441 e. The minimum atomic E-state index is -0.489. The molecule has 2 aliphatic rings. The van der Waals surface area contributed by atoms with Gasteiger partial charge in [-0.15, -0.1) is 0 Å². The van der Waals surface area contributed by atoms with Crippen molar-refractivity contribution in [1.82, 2.24) is 24.3 Å². The van der Waals surface area contributed by atoms with E-state index in [0.29, 0.717) is 51.3 Å². The summed E-state index contributed by atoms with van der Waals surface area (Å²) in [6.07, 6.45) is 2.73. The number of hydrogen-bond donors (Lipinski definition) is 0. The Morgan fingerprint density at radius 1 is 1.27 bits per heavy atom. The smallest absolute Gasteiger partial charge is 0.410 e. The van der Waals surface area contributed by atoms with Crippen molar-refractivity contribution in [3.63, 3.8) is 0 Å². The number of piperidine rings is 1. The number of aromatic nitrogens is 2. The van der Waals surface area contributed by atoms with E-state index in [1.54, 1.807) is 28.8 Å². The van der Waals surface area contributed by atoms with Crippen molar-refractivity contribution in [2.75, 3.05) is 60.0 Å². The van der Waals surface area contributed by atoms with E-state index in [1.165, 1.54) is 0 Å². The number of likely N-dealkylation sites (tertiary alicyclic amines) is 1. The number of hydrogen-bond acceptors (Lipinski definition) is 6. The molecular formula is C21H29N5O4. The monoisotopic (exact) mass is 415 g/mol. The van der Waals surface area contributed by atoms with Crippen LogP contribution in [-0.4, -0.2) is 102 Å². The van der Waals surface area contributed by atoms with Crippen LogP contribution in [0.1, 0.15) is 23.3 Å². The molecule has 162 valence electrons. The SMILES string of the molecule is COCCN(C)CCN1CC2(CCN(C(=O)c3cccc4ccnn34)CC2)OC1=O. The van der Waals surface area contributed by atoms with Crippen LogP contribution in [0.15, 0.2) is 30.5 Å². The van der Waals surface area contributed by atoms with E-state index in [0.717, 1.165) is 18.6 Å². The van der Waals surface area contributed by atoms with E-state index in [-0.39, 0.29) is 12.0 Å². The van der Waals surface area contributed by atoms with E-state index in [1.807, 2.05) is 30.1 Å². The van der Waals surface area contributed by atoms with Crippen molar-refractivity contribution in [2.24, 2.45) is 0 Å². The fourth-order valence-electron chi connectivity index (χ4n) is 4.17. The molecule has 0 atom stereocenters. The molecule has 0 aromatic carbocycles. The van der Waals surface area contributed by atoms with E-state index >= 15 is 0 Å². The van der Waals surface area contributed by atoms with Crippen LogP contribution in [0.2, 0.25) is 0 Å². The van der Waals surface area contributed by atoms with E-state index in [2.05, 4.69) is 10.00 Å². The zero-order valence-electron chi connectivity index (χ0n) is 17.6. The first-order valence-corrected chi connectivity index (χ1v) is 10.4. The predicted molar refractivity (Wildman–Crippen MR) is 110 cm³/mol. The standard InChI is InChI=1S/C21H29N5O4/c1-23(14-15-29-2)12-13-25-16-21(30-20(25)28)7-10-24(11-8-21)19(27)18-5-3-4-17-6-9-22-26(17)18/h3-6,9H,7-8,10-16H2,1-2H3. The average molecular weight is 415 g/mol. The normalized spacial score (nSPS) is 18.6. The molecule has 2 aromatic rings. The number of carbonyl (C=O) groups excluding carboxylic acids is 2. The number of rotatable bonds is 7. The van der Waals surface area contributed by atoms with Crippen LogP contribution in [-0.2, 0) is 9.47 Å². The Hall–Kier alpha value is -2.65. The average Bonchev–Trinajstić information content (AvgIpc) is 3.35. The van der Waals surface area contributed by atoms with Crippen LogP contribution >= 0.6 is 0 Å². The van der Waals surface area contributed by atoms with Gasteiger partial charge in [-0.25, -0.2) is 9.31 Å². The zero-order chi connectivity index (χ0) is 21.1. The van der Waals surface area contributed by atoms with Crippen molar-refractivity contribution in [2.45, 2.75) is 18.4 Å². The molecule has 1 spiro atoms. The largest absolute Gasteiger partial charge is 0.441 e. The number of fused-ring (bicyclic) bond motifs is 1. The topological polar surface area (TPSA) is 79.6 Å². The first-order chi connectivity index (χ1) is 14.5. The Balaban J connectivity index is 1.33. The second-order valence-corrected chi connectivity index (χ2v) is 8.14. The number of carbonyl (C=O) groups is 2. The van der Waals surface area contributed by atoms with Crippen LogP contribution in [0, 0.1) is 0 Å². The lowest BCUT2D eigenvalue weighted by molar-refractivity contribution is 0.00288. The number of ether oxygens (including phenoxy) is 2. The molecule has 9 nitrogen and oxygen atoms in total. The van der Waals surface area contributed by atoms with Gasteiger partial charge in [0.1, 0.15) is 11.3 Å². The summed E-state index contributed by atoms with van der Waals surface area (Å²) in [4.78, 5) is 31.2. The quantitative estimate of drug-likeness (QED) is 0.679. The second-order valence-electron chi connectivity index (χ2n) is 8.14. The maximum Gasteiger partial charge on any atom is 0.410 e. The highest BCUT2D eigenvalue weighted by Gasteiger charge is 2.47. The van der Waals surface area contributed by atoms with E-state index in [9.17, 15) is 9.59 Å². The van der Waals surface area contributed by atoms with Crippen LogP contribution in [0.3, 0.4) is 0 Å². The van der Waals surface area contributed by atoms with Crippen molar-refractivity contribution in [1.29, 1.82) is 0 Å². The maximum atomic E-state index is 13.0. The highest BCUT2D eigenvalue weighted by molar-refractivity contribution is 5.93. The Labute approximate surface area is 176 Å². The fraction of sp³-hybridized carbons (Fsp3) is 0.571. The van der Waals surface area contributed by atoms with Crippen molar-refractivity contribution in [3.05, 3.63) is 36.2 Å². The molecule has 2 aromatic heterocycles.